The smallest absolute Gasteiger partial charge is 0.278 e. The quantitative estimate of drug-likeness (QED) is 0.593. The van der Waals surface area contributed by atoms with Crippen molar-refractivity contribution in [3.05, 3.63) is 60.2 Å². The van der Waals surface area contributed by atoms with E-state index in [4.69, 9.17) is 9.47 Å². The molecule has 172 valence electrons. The molecule has 2 aromatic rings. The molecule has 32 heavy (non-hydrogen) atoms. The summed E-state index contributed by atoms with van der Waals surface area (Å²) in [5, 5.41) is -0.613. The van der Waals surface area contributed by atoms with Crippen LogP contribution in [0.5, 0.6) is 11.5 Å². The van der Waals surface area contributed by atoms with E-state index >= 15 is 0 Å². The van der Waals surface area contributed by atoms with Gasteiger partial charge < -0.3 is 18.9 Å². The fraction of sp³-hybridized carbons (Fsp3) is 0.458. The fourth-order valence-corrected chi connectivity index (χ4v) is 6.81. The highest BCUT2D eigenvalue weighted by atomic mass is 32.3. The van der Waals surface area contributed by atoms with E-state index in [1.165, 1.54) is 13.8 Å². The number of likely N-dealkylation sites (tertiary alicyclic amines) is 1. The van der Waals surface area contributed by atoms with Gasteiger partial charge in [0.15, 0.2) is 5.25 Å². The molecule has 0 bridgehead atoms. The third-order valence-electron chi connectivity index (χ3n) is 6.48. The summed E-state index contributed by atoms with van der Waals surface area (Å²) in [7, 11) is -2.01. The number of benzene rings is 2. The van der Waals surface area contributed by atoms with Crippen molar-refractivity contribution in [3.8, 4) is 11.5 Å². The van der Waals surface area contributed by atoms with Gasteiger partial charge in [-0.05, 0) is 43.7 Å². The van der Waals surface area contributed by atoms with Crippen LogP contribution in [0.1, 0.15) is 19.4 Å². The van der Waals surface area contributed by atoms with Crippen molar-refractivity contribution < 1.29 is 23.0 Å². The van der Waals surface area contributed by atoms with Crippen molar-refractivity contribution in [2.75, 3.05) is 33.4 Å². The highest BCUT2D eigenvalue weighted by Crippen LogP contribution is 2.41. The van der Waals surface area contributed by atoms with Gasteiger partial charge in [-0.2, -0.15) is 0 Å². The van der Waals surface area contributed by atoms with Gasteiger partial charge in [-0.15, -0.1) is 4.21 Å². The molecule has 2 aromatic carbocycles. The predicted octanol–water partition coefficient (Wildman–Crippen LogP) is 2.58. The molecule has 8 heteroatoms. The molecule has 0 N–H and O–H groups in total. The molecule has 0 spiro atoms. The van der Waals surface area contributed by atoms with Crippen LogP contribution in [0.2, 0.25) is 0 Å². The van der Waals surface area contributed by atoms with Crippen molar-refractivity contribution in [1.82, 2.24) is 9.80 Å². The van der Waals surface area contributed by atoms with Gasteiger partial charge in [-0.25, -0.2) is 0 Å². The van der Waals surface area contributed by atoms with Crippen molar-refractivity contribution >= 4 is 16.1 Å². The SMILES string of the molecule is COc1cccc(CN2C[C@H]3[C@H](C2)[S+](=O)([O-])C(C)(C)C(=O)N3CCOc2ccccc2)c1. The van der Waals surface area contributed by atoms with E-state index in [0.29, 0.717) is 32.8 Å². The summed E-state index contributed by atoms with van der Waals surface area (Å²) in [6.07, 6.45) is 0. The van der Waals surface area contributed by atoms with Gasteiger partial charge in [0.1, 0.15) is 18.1 Å². The number of rotatable bonds is 7. The van der Waals surface area contributed by atoms with Crippen LogP contribution in [0.3, 0.4) is 0 Å². The molecule has 0 radical (unpaired) electrons. The summed E-state index contributed by atoms with van der Waals surface area (Å²) < 4.78 is 36.3. The lowest BCUT2D eigenvalue weighted by Crippen LogP contribution is -2.68. The molecule has 2 saturated heterocycles. The summed E-state index contributed by atoms with van der Waals surface area (Å²) in [6.45, 7) is 5.22. The molecule has 2 heterocycles. The normalized spacial score (nSPS) is 27.2. The van der Waals surface area contributed by atoms with Crippen LogP contribution in [0.4, 0.5) is 0 Å². The second-order valence-electron chi connectivity index (χ2n) is 8.87. The Balaban J connectivity index is 1.52. The van der Waals surface area contributed by atoms with Gasteiger partial charge in [0.05, 0.1) is 29.9 Å². The Bertz CT molecular complexity index is 1010. The predicted molar refractivity (Wildman–Crippen MR) is 122 cm³/mol. The molecule has 2 aliphatic rings. The molecule has 3 atom stereocenters. The number of carbonyl (C=O) groups is 1. The number of amides is 1. The first kappa shape index (κ1) is 22.8. The topological polar surface area (TPSA) is 82.1 Å². The number of hydrogen-bond acceptors (Lipinski definition) is 6. The van der Waals surface area contributed by atoms with Gasteiger partial charge in [-0.1, -0.05) is 30.3 Å². The zero-order chi connectivity index (χ0) is 22.9. The van der Waals surface area contributed by atoms with Gasteiger partial charge in [0.25, 0.3) is 5.91 Å². The van der Waals surface area contributed by atoms with Crippen LogP contribution in [0.15, 0.2) is 54.6 Å². The maximum Gasteiger partial charge on any atom is 0.278 e. The van der Waals surface area contributed by atoms with Crippen LogP contribution in [0, 0.1) is 0 Å². The summed E-state index contributed by atoms with van der Waals surface area (Å²) in [6, 6.07) is 16.8. The van der Waals surface area contributed by atoms with Gasteiger partial charge in [-0.3, -0.25) is 9.69 Å². The number of hydrogen-bond donors (Lipinski definition) is 0. The standard InChI is InChI=1S/C24H30N2O5S/c1-24(2)23(27)26(12-13-31-19-9-5-4-6-10-19)21-16-25(17-22(21)32(24,28)29)15-18-8-7-11-20(14-18)30-3/h4-11,14,21-22H,12-13,15-17H2,1-3H3/t21-,22-/m0/s1. The Kier molecular flexibility index (Phi) is 6.29. The van der Waals surface area contributed by atoms with Crippen LogP contribution in [-0.4, -0.2) is 69.6 Å². The number of nitrogens with zero attached hydrogens (tertiary/aromatic N) is 2. The molecule has 0 saturated carbocycles. The van der Waals surface area contributed by atoms with Crippen LogP contribution in [-0.2, 0) is 25.8 Å². The van der Waals surface area contributed by atoms with E-state index in [1.807, 2.05) is 54.6 Å². The van der Waals surface area contributed by atoms with Crippen molar-refractivity contribution in [2.45, 2.75) is 36.4 Å². The summed E-state index contributed by atoms with van der Waals surface area (Å²) in [5.74, 6) is 1.15. The van der Waals surface area contributed by atoms with Crippen molar-refractivity contribution in [1.29, 1.82) is 0 Å². The van der Waals surface area contributed by atoms with E-state index < -0.39 is 20.2 Å². The Labute approximate surface area is 190 Å². The average molecular weight is 459 g/mol. The average Bonchev–Trinajstić information content (AvgIpc) is 3.20. The number of ether oxygens (including phenoxy) is 2. The summed E-state index contributed by atoms with van der Waals surface area (Å²) in [5.41, 5.74) is 1.05. The largest absolute Gasteiger partial charge is 0.614 e. The number of sulfone groups is 1. The first-order chi connectivity index (χ1) is 15.2. The Morgan fingerprint density at radius 2 is 1.81 bits per heavy atom. The molecule has 0 aliphatic carbocycles. The molecule has 1 unspecified atom stereocenters. The lowest BCUT2D eigenvalue weighted by Gasteiger charge is -2.46. The van der Waals surface area contributed by atoms with Gasteiger partial charge in [0, 0.05) is 19.6 Å². The number of fused-ring (bicyclic) bond motifs is 1. The molecule has 4 rings (SSSR count). The highest BCUT2D eigenvalue weighted by molar-refractivity contribution is 8.00. The molecule has 2 fully saturated rings. The van der Waals surface area contributed by atoms with E-state index in [0.717, 1.165) is 17.1 Å². The third kappa shape index (κ3) is 4.14. The molecular weight excluding hydrogens is 428 g/mol. The number of carbonyl (C=O) groups excluding carboxylic acids is 1. The molecular formula is C24H30N2O5S. The monoisotopic (exact) mass is 458 g/mol. The minimum absolute atomic E-state index is 0.311. The van der Waals surface area contributed by atoms with Crippen molar-refractivity contribution in [2.24, 2.45) is 0 Å². The zero-order valence-corrected chi connectivity index (χ0v) is 19.5. The number of para-hydroxylation sites is 1. The maximum absolute atomic E-state index is 13.3. The first-order valence-corrected chi connectivity index (χ1v) is 12.4. The second-order valence-corrected chi connectivity index (χ2v) is 11.6. The van der Waals surface area contributed by atoms with Gasteiger partial charge in [0.2, 0.25) is 4.75 Å². The zero-order valence-electron chi connectivity index (χ0n) is 18.7. The minimum atomic E-state index is -3.63. The Morgan fingerprint density at radius 3 is 2.53 bits per heavy atom. The molecule has 0 aromatic heterocycles. The third-order valence-corrected chi connectivity index (χ3v) is 9.34. The van der Waals surface area contributed by atoms with Crippen LogP contribution >= 0.6 is 0 Å². The summed E-state index contributed by atoms with van der Waals surface area (Å²) >= 11 is 0. The van der Waals surface area contributed by atoms with Crippen LogP contribution < -0.4 is 9.47 Å². The van der Waals surface area contributed by atoms with Gasteiger partial charge >= 0.3 is 0 Å². The number of methoxy groups -OCH3 is 1. The lowest BCUT2D eigenvalue weighted by atomic mass is 10.1. The van der Waals surface area contributed by atoms with E-state index in [9.17, 15) is 13.6 Å². The van der Waals surface area contributed by atoms with Crippen molar-refractivity contribution in [3.63, 3.8) is 0 Å². The van der Waals surface area contributed by atoms with E-state index in [-0.39, 0.29) is 11.9 Å². The summed E-state index contributed by atoms with van der Waals surface area (Å²) in [4.78, 5) is 17.1. The van der Waals surface area contributed by atoms with E-state index in [2.05, 4.69) is 4.90 Å². The van der Waals surface area contributed by atoms with E-state index in [1.54, 1.807) is 12.0 Å². The minimum Gasteiger partial charge on any atom is -0.614 e. The lowest BCUT2D eigenvalue weighted by molar-refractivity contribution is -0.137. The maximum atomic E-state index is 13.3. The molecule has 1 amide bonds. The molecule has 2 aliphatic heterocycles. The first-order valence-electron chi connectivity index (χ1n) is 10.8. The highest BCUT2D eigenvalue weighted by Gasteiger charge is 2.63. The Hall–Kier alpha value is -2.42. The van der Waals surface area contributed by atoms with Crippen LogP contribution in [0.25, 0.3) is 0 Å². The second kappa shape index (κ2) is 8.84. The molecule has 7 nitrogen and oxygen atoms in total. The Morgan fingerprint density at radius 1 is 1.09 bits per heavy atom. The fourth-order valence-electron chi connectivity index (χ4n) is 4.64.